The standard InChI is InChI=1S/C8H14BrNO/c1-8(2)4-3-5-10(8)7(11)6-9/h3-6H2,1-2H3. The summed E-state index contributed by atoms with van der Waals surface area (Å²) in [5.74, 6) is 0.215. The number of amides is 1. The zero-order valence-corrected chi connectivity index (χ0v) is 8.65. The molecule has 1 amide bonds. The van der Waals surface area contributed by atoms with Gasteiger partial charge in [-0.25, -0.2) is 0 Å². The number of hydrogen-bond donors (Lipinski definition) is 0. The normalized spacial score (nSPS) is 22.3. The molecule has 0 atom stereocenters. The molecular weight excluding hydrogens is 206 g/mol. The molecule has 0 aromatic rings. The molecule has 1 fully saturated rings. The van der Waals surface area contributed by atoms with Gasteiger partial charge in [0.05, 0.1) is 5.33 Å². The first kappa shape index (κ1) is 9.04. The molecular formula is C8H14BrNO. The molecule has 0 aromatic carbocycles. The lowest BCUT2D eigenvalue weighted by Gasteiger charge is -2.31. The number of nitrogens with zero attached hydrogens (tertiary/aromatic N) is 1. The molecule has 1 aliphatic rings. The van der Waals surface area contributed by atoms with E-state index in [0.29, 0.717) is 5.33 Å². The van der Waals surface area contributed by atoms with E-state index in [4.69, 9.17) is 0 Å². The van der Waals surface area contributed by atoms with Crippen LogP contribution in [-0.4, -0.2) is 28.2 Å². The Balaban J connectivity index is 2.64. The van der Waals surface area contributed by atoms with Crippen molar-refractivity contribution in [2.75, 3.05) is 11.9 Å². The van der Waals surface area contributed by atoms with Gasteiger partial charge in [0.25, 0.3) is 0 Å². The highest BCUT2D eigenvalue weighted by molar-refractivity contribution is 9.09. The van der Waals surface area contributed by atoms with Crippen molar-refractivity contribution in [2.45, 2.75) is 32.2 Å². The Labute approximate surface area is 76.1 Å². The van der Waals surface area contributed by atoms with Gasteiger partial charge in [0.2, 0.25) is 5.91 Å². The summed E-state index contributed by atoms with van der Waals surface area (Å²) in [4.78, 5) is 13.3. The number of rotatable bonds is 1. The third-order valence-corrected chi connectivity index (χ3v) is 2.80. The molecule has 0 spiro atoms. The zero-order valence-electron chi connectivity index (χ0n) is 7.06. The van der Waals surface area contributed by atoms with Crippen LogP contribution >= 0.6 is 15.9 Å². The number of carbonyl (C=O) groups is 1. The van der Waals surface area contributed by atoms with Gasteiger partial charge in [-0.15, -0.1) is 0 Å². The number of alkyl halides is 1. The first-order valence-corrected chi connectivity index (χ1v) is 5.06. The molecule has 0 N–H and O–H groups in total. The molecule has 1 aliphatic heterocycles. The highest BCUT2D eigenvalue weighted by Crippen LogP contribution is 2.28. The van der Waals surface area contributed by atoms with Crippen molar-refractivity contribution in [1.29, 1.82) is 0 Å². The number of carbonyl (C=O) groups excluding carboxylic acids is 1. The third-order valence-electron chi connectivity index (χ3n) is 2.32. The van der Waals surface area contributed by atoms with Gasteiger partial charge in [-0.2, -0.15) is 0 Å². The van der Waals surface area contributed by atoms with Crippen molar-refractivity contribution < 1.29 is 4.79 Å². The SMILES string of the molecule is CC1(C)CCCN1C(=O)CBr. The van der Waals surface area contributed by atoms with Crippen LogP contribution in [0.15, 0.2) is 0 Å². The minimum absolute atomic E-state index is 0.0881. The first-order chi connectivity index (χ1) is 5.08. The minimum atomic E-state index is 0.0881. The molecule has 64 valence electrons. The van der Waals surface area contributed by atoms with Crippen molar-refractivity contribution in [2.24, 2.45) is 0 Å². The third kappa shape index (κ3) is 1.75. The fourth-order valence-electron chi connectivity index (χ4n) is 1.64. The molecule has 1 heterocycles. The molecule has 0 unspecified atom stereocenters. The zero-order chi connectivity index (χ0) is 8.48. The van der Waals surface area contributed by atoms with E-state index < -0.39 is 0 Å². The second-order valence-corrected chi connectivity index (χ2v) is 4.16. The Hall–Kier alpha value is -0.0500. The molecule has 0 bridgehead atoms. The van der Waals surface area contributed by atoms with E-state index in [0.717, 1.165) is 19.4 Å². The molecule has 1 rings (SSSR count). The summed E-state index contributed by atoms with van der Waals surface area (Å²) in [7, 11) is 0. The van der Waals surface area contributed by atoms with Crippen LogP contribution in [0.4, 0.5) is 0 Å². The number of hydrogen-bond acceptors (Lipinski definition) is 1. The average Bonchev–Trinajstić information content (AvgIpc) is 2.28. The van der Waals surface area contributed by atoms with E-state index in [-0.39, 0.29) is 11.4 Å². The molecule has 0 saturated carbocycles. The van der Waals surface area contributed by atoms with Crippen LogP contribution in [0, 0.1) is 0 Å². The number of halogens is 1. The highest BCUT2D eigenvalue weighted by Gasteiger charge is 2.34. The van der Waals surface area contributed by atoms with Crippen LogP contribution in [0.3, 0.4) is 0 Å². The summed E-state index contributed by atoms with van der Waals surface area (Å²) in [5, 5.41) is 0.455. The van der Waals surface area contributed by atoms with E-state index in [1.807, 2.05) is 4.90 Å². The maximum atomic E-state index is 11.3. The Bertz CT molecular complexity index is 167. The van der Waals surface area contributed by atoms with E-state index in [2.05, 4.69) is 29.8 Å². The molecule has 3 heteroatoms. The summed E-state index contributed by atoms with van der Waals surface area (Å²) >= 11 is 3.19. The first-order valence-electron chi connectivity index (χ1n) is 3.94. The molecule has 0 aromatic heterocycles. The maximum Gasteiger partial charge on any atom is 0.233 e. The lowest BCUT2D eigenvalue weighted by molar-refractivity contribution is -0.131. The molecule has 11 heavy (non-hydrogen) atoms. The van der Waals surface area contributed by atoms with Gasteiger partial charge in [0.1, 0.15) is 0 Å². The predicted molar refractivity (Wildman–Crippen MR) is 48.8 cm³/mol. The van der Waals surface area contributed by atoms with Crippen LogP contribution < -0.4 is 0 Å². The summed E-state index contributed by atoms with van der Waals surface area (Å²) in [5.41, 5.74) is 0.0881. The van der Waals surface area contributed by atoms with E-state index in [1.165, 1.54) is 0 Å². The van der Waals surface area contributed by atoms with Crippen LogP contribution in [0.2, 0.25) is 0 Å². The van der Waals surface area contributed by atoms with Gasteiger partial charge in [-0.05, 0) is 26.7 Å². The summed E-state index contributed by atoms with van der Waals surface area (Å²) in [6, 6.07) is 0. The summed E-state index contributed by atoms with van der Waals surface area (Å²) < 4.78 is 0. The maximum absolute atomic E-state index is 11.3. The average molecular weight is 220 g/mol. The highest BCUT2D eigenvalue weighted by atomic mass is 79.9. The molecule has 0 aliphatic carbocycles. The Morgan fingerprint density at radius 1 is 1.64 bits per heavy atom. The van der Waals surface area contributed by atoms with Gasteiger partial charge in [-0.3, -0.25) is 4.79 Å². The molecule has 1 saturated heterocycles. The second kappa shape index (κ2) is 3.13. The van der Waals surface area contributed by atoms with Gasteiger partial charge in [0.15, 0.2) is 0 Å². The second-order valence-electron chi connectivity index (χ2n) is 3.59. The topological polar surface area (TPSA) is 20.3 Å². The summed E-state index contributed by atoms with van der Waals surface area (Å²) in [6.07, 6.45) is 2.28. The summed E-state index contributed by atoms with van der Waals surface area (Å²) in [6.45, 7) is 5.18. The largest absolute Gasteiger partial charge is 0.337 e. The quantitative estimate of drug-likeness (QED) is 0.617. The van der Waals surface area contributed by atoms with Crippen molar-refractivity contribution in [1.82, 2.24) is 4.90 Å². The minimum Gasteiger partial charge on any atom is -0.337 e. The Kier molecular flexibility index (Phi) is 2.58. The Morgan fingerprint density at radius 3 is 2.64 bits per heavy atom. The lowest BCUT2D eigenvalue weighted by Crippen LogP contribution is -2.43. The van der Waals surface area contributed by atoms with Gasteiger partial charge in [-0.1, -0.05) is 15.9 Å². The molecule has 0 radical (unpaired) electrons. The van der Waals surface area contributed by atoms with Crippen molar-refractivity contribution in [3.63, 3.8) is 0 Å². The van der Waals surface area contributed by atoms with Crippen LogP contribution in [0.25, 0.3) is 0 Å². The monoisotopic (exact) mass is 219 g/mol. The lowest BCUT2D eigenvalue weighted by atomic mass is 10.0. The van der Waals surface area contributed by atoms with Gasteiger partial charge < -0.3 is 4.90 Å². The fraction of sp³-hybridized carbons (Fsp3) is 0.875. The van der Waals surface area contributed by atoms with Crippen molar-refractivity contribution >= 4 is 21.8 Å². The fourth-order valence-corrected chi connectivity index (χ4v) is 1.94. The van der Waals surface area contributed by atoms with E-state index in [9.17, 15) is 4.79 Å². The number of likely N-dealkylation sites (tertiary alicyclic amines) is 1. The smallest absolute Gasteiger partial charge is 0.233 e. The van der Waals surface area contributed by atoms with Gasteiger partial charge >= 0.3 is 0 Å². The van der Waals surface area contributed by atoms with Crippen molar-refractivity contribution in [3.8, 4) is 0 Å². The Morgan fingerprint density at radius 2 is 2.27 bits per heavy atom. The van der Waals surface area contributed by atoms with E-state index >= 15 is 0 Å². The predicted octanol–water partition coefficient (Wildman–Crippen LogP) is 1.78. The van der Waals surface area contributed by atoms with Crippen LogP contribution in [0.1, 0.15) is 26.7 Å². The van der Waals surface area contributed by atoms with E-state index in [1.54, 1.807) is 0 Å². The van der Waals surface area contributed by atoms with Crippen LogP contribution in [0.5, 0.6) is 0 Å². The molecule has 2 nitrogen and oxygen atoms in total. The van der Waals surface area contributed by atoms with Crippen molar-refractivity contribution in [3.05, 3.63) is 0 Å². The van der Waals surface area contributed by atoms with Crippen LogP contribution in [-0.2, 0) is 4.79 Å². The van der Waals surface area contributed by atoms with Gasteiger partial charge in [0, 0.05) is 12.1 Å².